The molecule has 0 aromatic carbocycles. The Hall–Kier alpha value is -0.120. The number of rotatable bonds is 3. The van der Waals surface area contributed by atoms with Crippen molar-refractivity contribution in [2.24, 2.45) is 11.7 Å². The summed E-state index contributed by atoms with van der Waals surface area (Å²) in [5.41, 5.74) is 5.32. The van der Waals surface area contributed by atoms with Gasteiger partial charge in [-0.3, -0.25) is 0 Å². The molecule has 0 rings (SSSR count). The zero-order chi connectivity index (χ0) is 7.44. The van der Waals surface area contributed by atoms with Crippen LogP contribution in [0, 0.1) is 5.92 Å². The lowest BCUT2D eigenvalue weighted by Crippen LogP contribution is -2.35. The molecular weight excluding hydrogens is 118 g/mol. The fourth-order valence-corrected chi connectivity index (χ4v) is 0.666. The molecule has 0 aliphatic carbocycles. The van der Waals surface area contributed by atoms with E-state index >= 15 is 0 Å². The van der Waals surface area contributed by atoms with Gasteiger partial charge in [-0.25, -0.2) is 0 Å². The number of hydrogen-bond donors (Lipinski definition) is 3. The fraction of sp³-hybridized carbons (Fsp3) is 1.00. The monoisotopic (exact) mass is 133 g/mol. The van der Waals surface area contributed by atoms with E-state index in [0.29, 0.717) is 12.3 Å². The van der Waals surface area contributed by atoms with Gasteiger partial charge in [0.25, 0.3) is 0 Å². The molecule has 3 heteroatoms. The van der Waals surface area contributed by atoms with Crippen LogP contribution in [0.4, 0.5) is 0 Å². The molecule has 56 valence electrons. The van der Waals surface area contributed by atoms with Gasteiger partial charge in [0, 0.05) is 0 Å². The van der Waals surface area contributed by atoms with Gasteiger partial charge in [0.2, 0.25) is 0 Å². The summed E-state index contributed by atoms with van der Waals surface area (Å²) in [5.74, 6) is 0.418. The maximum Gasteiger partial charge on any atom is 0.166 e. The second-order valence-corrected chi connectivity index (χ2v) is 2.71. The van der Waals surface area contributed by atoms with Crippen LogP contribution >= 0.6 is 0 Å². The van der Waals surface area contributed by atoms with Gasteiger partial charge in [-0.2, -0.15) is 0 Å². The van der Waals surface area contributed by atoms with E-state index in [1.54, 1.807) is 0 Å². The quantitative estimate of drug-likeness (QED) is 0.462. The van der Waals surface area contributed by atoms with Crippen LogP contribution in [0.2, 0.25) is 0 Å². The number of aliphatic hydroxyl groups excluding tert-OH is 1. The van der Waals surface area contributed by atoms with E-state index in [0.717, 1.165) is 0 Å². The second-order valence-electron chi connectivity index (χ2n) is 2.71. The van der Waals surface area contributed by atoms with Crippen molar-refractivity contribution in [2.75, 3.05) is 0 Å². The molecule has 0 aromatic heterocycles. The van der Waals surface area contributed by atoms with Gasteiger partial charge < -0.3 is 15.9 Å². The zero-order valence-corrected chi connectivity index (χ0v) is 5.91. The predicted molar refractivity (Wildman–Crippen MR) is 35.7 cm³/mol. The number of aliphatic hydroxyl groups is 2. The van der Waals surface area contributed by atoms with Crippen LogP contribution < -0.4 is 5.73 Å². The molecule has 0 bridgehead atoms. The van der Waals surface area contributed by atoms with E-state index < -0.39 is 12.3 Å². The van der Waals surface area contributed by atoms with Crippen LogP contribution in [0.15, 0.2) is 0 Å². The predicted octanol–water partition coefficient (Wildman–Crippen LogP) is -0.329. The SMILES string of the molecule is CC(C)C[C@H](N)C(O)O. The van der Waals surface area contributed by atoms with Crippen molar-refractivity contribution in [3.63, 3.8) is 0 Å². The molecule has 0 amide bonds. The molecule has 0 fully saturated rings. The van der Waals surface area contributed by atoms with Crippen molar-refractivity contribution in [3.05, 3.63) is 0 Å². The lowest BCUT2D eigenvalue weighted by molar-refractivity contribution is -0.0617. The lowest BCUT2D eigenvalue weighted by atomic mass is 10.0. The molecule has 0 unspecified atom stereocenters. The zero-order valence-electron chi connectivity index (χ0n) is 5.91. The Morgan fingerprint density at radius 1 is 1.33 bits per heavy atom. The van der Waals surface area contributed by atoms with E-state index in [-0.39, 0.29) is 0 Å². The van der Waals surface area contributed by atoms with Gasteiger partial charge in [-0.1, -0.05) is 13.8 Å². The first-order valence-electron chi connectivity index (χ1n) is 3.15. The summed E-state index contributed by atoms with van der Waals surface area (Å²) in [4.78, 5) is 0. The van der Waals surface area contributed by atoms with Crippen molar-refractivity contribution in [3.8, 4) is 0 Å². The minimum absolute atomic E-state index is 0.418. The topological polar surface area (TPSA) is 66.5 Å². The van der Waals surface area contributed by atoms with Crippen molar-refractivity contribution >= 4 is 0 Å². The molecular formula is C6H15NO2. The summed E-state index contributed by atoms with van der Waals surface area (Å²) in [7, 11) is 0. The molecule has 9 heavy (non-hydrogen) atoms. The van der Waals surface area contributed by atoms with Crippen LogP contribution in [0.1, 0.15) is 20.3 Å². The van der Waals surface area contributed by atoms with Crippen molar-refractivity contribution in [1.29, 1.82) is 0 Å². The highest BCUT2D eigenvalue weighted by Crippen LogP contribution is 2.03. The maximum atomic E-state index is 8.50. The molecule has 0 saturated heterocycles. The number of nitrogens with two attached hydrogens (primary N) is 1. The summed E-state index contributed by atoms with van der Waals surface area (Å²) >= 11 is 0. The third kappa shape index (κ3) is 4.39. The van der Waals surface area contributed by atoms with Crippen LogP contribution in [0.25, 0.3) is 0 Å². The Labute approximate surface area is 55.5 Å². The minimum atomic E-state index is -1.37. The molecule has 0 aromatic rings. The summed E-state index contributed by atoms with van der Waals surface area (Å²) in [6.45, 7) is 3.98. The van der Waals surface area contributed by atoms with Crippen LogP contribution in [0.5, 0.6) is 0 Å². The average molecular weight is 133 g/mol. The van der Waals surface area contributed by atoms with E-state index in [1.807, 2.05) is 13.8 Å². The molecule has 4 N–H and O–H groups in total. The molecule has 0 spiro atoms. The first kappa shape index (κ1) is 8.88. The Morgan fingerprint density at radius 2 is 1.78 bits per heavy atom. The Kier molecular flexibility index (Phi) is 3.77. The summed E-state index contributed by atoms with van der Waals surface area (Å²) < 4.78 is 0. The van der Waals surface area contributed by atoms with E-state index in [4.69, 9.17) is 15.9 Å². The lowest BCUT2D eigenvalue weighted by Gasteiger charge is -2.14. The summed E-state index contributed by atoms with van der Waals surface area (Å²) in [6, 6.07) is -0.495. The largest absolute Gasteiger partial charge is 0.367 e. The highest BCUT2D eigenvalue weighted by molar-refractivity contribution is 4.63. The Balaban J connectivity index is 3.38. The average Bonchev–Trinajstić information content (AvgIpc) is 1.63. The fourth-order valence-electron chi connectivity index (χ4n) is 0.666. The first-order chi connectivity index (χ1) is 4.04. The van der Waals surface area contributed by atoms with Crippen LogP contribution in [-0.2, 0) is 0 Å². The third-order valence-corrected chi connectivity index (χ3v) is 1.13. The van der Waals surface area contributed by atoms with E-state index in [1.165, 1.54) is 0 Å². The second kappa shape index (κ2) is 3.82. The highest BCUT2D eigenvalue weighted by atomic mass is 16.5. The standard InChI is InChI=1S/C6H15NO2/c1-4(2)3-5(7)6(8)9/h4-6,8-9H,3,7H2,1-2H3/t5-/m0/s1. The molecule has 3 nitrogen and oxygen atoms in total. The highest BCUT2D eigenvalue weighted by Gasteiger charge is 2.11. The van der Waals surface area contributed by atoms with Crippen molar-refractivity contribution in [1.82, 2.24) is 0 Å². The van der Waals surface area contributed by atoms with Crippen LogP contribution in [-0.4, -0.2) is 22.5 Å². The normalized spacial score (nSPS) is 15.0. The smallest absolute Gasteiger partial charge is 0.166 e. The van der Waals surface area contributed by atoms with Gasteiger partial charge in [-0.05, 0) is 12.3 Å². The van der Waals surface area contributed by atoms with Crippen LogP contribution in [0.3, 0.4) is 0 Å². The molecule has 0 aliphatic heterocycles. The van der Waals surface area contributed by atoms with Crippen molar-refractivity contribution in [2.45, 2.75) is 32.6 Å². The molecule has 0 saturated carbocycles. The first-order valence-corrected chi connectivity index (χ1v) is 3.15. The molecule has 0 aliphatic rings. The Bertz CT molecular complexity index is 73.5. The third-order valence-electron chi connectivity index (χ3n) is 1.13. The van der Waals surface area contributed by atoms with Gasteiger partial charge in [-0.15, -0.1) is 0 Å². The van der Waals surface area contributed by atoms with Gasteiger partial charge in [0.15, 0.2) is 6.29 Å². The molecule has 1 atom stereocenters. The molecule has 0 heterocycles. The maximum absolute atomic E-state index is 8.50. The molecule has 0 radical (unpaired) electrons. The van der Waals surface area contributed by atoms with Gasteiger partial charge in [0.05, 0.1) is 6.04 Å². The van der Waals surface area contributed by atoms with Gasteiger partial charge in [0.1, 0.15) is 0 Å². The summed E-state index contributed by atoms with van der Waals surface area (Å²) in [6.07, 6.45) is -0.718. The minimum Gasteiger partial charge on any atom is -0.367 e. The summed E-state index contributed by atoms with van der Waals surface area (Å²) in [5, 5.41) is 17.0. The van der Waals surface area contributed by atoms with Crippen molar-refractivity contribution < 1.29 is 10.2 Å². The van der Waals surface area contributed by atoms with E-state index in [9.17, 15) is 0 Å². The van der Waals surface area contributed by atoms with Gasteiger partial charge >= 0.3 is 0 Å². The number of hydrogen-bond acceptors (Lipinski definition) is 3. The Morgan fingerprint density at radius 3 is 1.89 bits per heavy atom. The van der Waals surface area contributed by atoms with E-state index in [2.05, 4.69) is 0 Å².